The number of nitrogens with zero attached hydrogens (tertiary/aromatic N) is 2. The normalized spacial score (nSPS) is 11.5. The van der Waals surface area contributed by atoms with Crippen molar-refractivity contribution in [2.45, 2.75) is 0 Å². The summed E-state index contributed by atoms with van der Waals surface area (Å²) >= 11 is 0. The van der Waals surface area contributed by atoms with Gasteiger partial charge in [0.2, 0.25) is 0 Å². The quantitative estimate of drug-likeness (QED) is 0.174. The number of rotatable bonds is 6. The van der Waals surface area contributed by atoms with Crippen molar-refractivity contribution >= 4 is 60.7 Å². The molecule has 10 rings (SSSR count). The van der Waals surface area contributed by atoms with Crippen LogP contribution in [0.25, 0.3) is 77.2 Å². The zero-order chi connectivity index (χ0) is 34.6. The smallest absolute Gasteiger partial charge is 0.0620 e. The Morgan fingerprint density at radius 2 is 0.981 bits per heavy atom. The number of aromatic nitrogens is 2. The number of para-hydroxylation sites is 3. The maximum atomic E-state index is 6.62. The van der Waals surface area contributed by atoms with Gasteiger partial charge in [0, 0.05) is 55.5 Å². The number of hydrogen-bond acceptors (Lipinski definition) is 2. The second-order valence-electron chi connectivity index (χ2n) is 13.3. The zero-order valence-electron chi connectivity index (χ0n) is 28.4. The van der Waals surface area contributed by atoms with E-state index in [1.807, 2.05) is 0 Å². The molecule has 0 aliphatic carbocycles. The molecule has 2 aromatic heterocycles. The average Bonchev–Trinajstić information content (AvgIpc) is 3.71. The fourth-order valence-electron chi connectivity index (χ4n) is 7.96. The summed E-state index contributed by atoms with van der Waals surface area (Å²) < 4.78 is 4.74. The third-order valence-electron chi connectivity index (χ3n) is 10.1. The maximum absolute atomic E-state index is 6.62. The van der Waals surface area contributed by atoms with Gasteiger partial charge in [-0.05, 0) is 83.4 Å². The van der Waals surface area contributed by atoms with Crippen LogP contribution in [0.4, 0.5) is 17.1 Å². The van der Waals surface area contributed by atoms with Gasteiger partial charge >= 0.3 is 0 Å². The predicted molar refractivity (Wildman–Crippen MR) is 220 cm³/mol. The minimum atomic E-state index is 0.737. The molecule has 0 unspecified atom stereocenters. The van der Waals surface area contributed by atoms with Crippen molar-refractivity contribution in [3.05, 3.63) is 188 Å². The van der Waals surface area contributed by atoms with Crippen molar-refractivity contribution in [2.75, 3.05) is 11.1 Å². The molecule has 0 bridgehead atoms. The number of nitrogens with one attached hydrogen (secondary N) is 1. The van der Waals surface area contributed by atoms with E-state index in [4.69, 9.17) is 5.73 Å². The van der Waals surface area contributed by atoms with Gasteiger partial charge in [0.1, 0.15) is 0 Å². The van der Waals surface area contributed by atoms with Gasteiger partial charge in [-0.15, -0.1) is 0 Å². The molecule has 0 amide bonds. The minimum Gasteiger partial charge on any atom is -0.399 e. The molecule has 4 heteroatoms. The first-order chi connectivity index (χ1) is 25.7. The van der Waals surface area contributed by atoms with Crippen molar-refractivity contribution in [2.24, 2.45) is 0 Å². The van der Waals surface area contributed by atoms with E-state index in [-0.39, 0.29) is 0 Å². The molecule has 0 aliphatic rings. The molecule has 0 saturated carbocycles. The molecule has 8 aromatic carbocycles. The average molecular weight is 667 g/mol. The lowest BCUT2D eigenvalue weighted by atomic mass is 9.98. The second-order valence-corrected chi connectivity index (χ2v) is 13.3. The van der Waals surface area contributed by atoms with Gasteiger partial charge in [-0.2, -0.15) is 0 Å². The highest BCUT2D eigenvalue weighted by Crippen LogP contribution is 2.43. The van der Waals surface area contributed by atoms with E-state index in [2.05, 4.69) is 203 Å². The van der Waals surface area contributed by atoms with E-state index in [0.717, 1.165) is 50.6 Å². The Morgan fingerprint density at radius 1 is 0.385 bits per heavy atom. The van der Waals surface area contributed by atoms with Crippen LogP contribution in [0.15, 0.2) is 188 Å². The van der Waals surface area contributed by atoms with Crippen molar-refractivity contribution in [3.8, 4) is 33.6 Å². The molecular weight excluding hydrogens is 633 g/mol. The highest BCUT2D eigenvalue weighted by Gasteiger charge is 2.20. The summed E-state index contributed by atoms with van der Waals surface area (Å²) in [5, 5.41) is 8.62. The van der Waals surface area contributed by atoms with Gasteiger partial charge < -0.3 is 20.2 Å². The number of nitrogen functional groups attached to an aromatic ring is 1. The first-order valence-corrected chi connectivity index (χ1v) is 17.6. The molecule has 0 aliphatic heterocycles. The first-order valence-electron chi connectivity index (χ1n) is 17.6. The van der Waals surface area contributed by atoms with Crippen molar-refractivity contribution in [1.29, 1.82) is 0 Å². The van der Waals surface area contributed by atoms with Crippen LogP contribution in [0.1, 0.15) is 0 Å². The molecule has 246 valence electrons. The predicted octanol–water partition coefficient (Wildman–Crippen LogP) is 12.5. The van der Waals surface area contributed by atoms with Gasteiger partial charge in [-0.3, -0.25) is 0 Å². The topological polar surface area (TPSA) is 47.9 Å². The summed E-state index contributed by atoms with van der Waals surface area (Å²) in [7, 11) is 0. The standard InChI is InChI=1S/C48H34N4/c49-34-27-41(32-15-5-1-6-16-32)47-40-26-25-35(31-45(40)51(46(47)28-34)37-19-9-3-10-20-37)50-36-29-42(33-17-7-2-8-18-33)48-43(30-36)39-23-13-14-24-44(39)52(48)38-21-11-4-12-22-38/h1-31,50H,49H2. The lowest BCUT2D eigenvalue weighted by Gasteiger charge is -2.15. The molecule has 2 heterocycles. The van der Waals surface area contributed by atoms with E-state index >= 15 is 0 Å². The monoisotopic (exact) mass is 666 g/mol. The van der Waals surface area contributed by atoms with E-state index < -0.39 is 0 Å². The molecule has 0 spiro atoms. The van der Waals surface area contributed by atoms with Crippen LogP contribution < -0.4 is 11.1 Å². The number of anilines is 3. The zero-order valence-corrected chi connectivity index (χ0v) is 28.4. The number of nitrogens with two attached hydrogens (primary N) is 1. The fourth-order valence-corrected chi connectivity index (χ4v) is 7.96. The molecule has 0 fully saturated rings. The summed E-state index contributed by atoms with van der Waals surface area (Å²) in [5.41, 5.74) is 20.8. The highest BCUT2D eigenvalue weighted by molar-refractivity contribution is 6.18. The molecule has 3 N–H and O–H groups in total. The maximum Gasteiger partial charge on any atom is 0.0620 e. The minimum absolute atomic E-state index is 0.737. The Morgan fingerprint density at radius 3 is 1.67 bits per heavy atom. The van der Waals surface area contributed by atoms with Crippen LogP contribution in [0.3, 0.4) is 0 Å². The molecule has 0 saturated heterocycles. The number of hydrogen-bond donors (Lipinski definition) is 2. The van der Waals surface area contributed by atoms with Gasteiger partial charge in [-0.25, -0.2) is 0 Å². The van der Waals surface area contributed by atoms with Crippen LogP contribution in [-0.2, 0) is 0 Å². The van der Waals surface area contributed by atoms with Crippen molar-refractivity contribution in [1.82, 2.24) is 9.13 Å². The fraction of sp³-hybridized carbons (Fsp3) is 0. The lowest BCUT2D eigenvalue weighted by Crippen LogP contribution is -1.97. The van der Waals surface area contributed by atoms with E-state index in [1.54, 1.807) is 0 Å². The van der Waals surface area contributed by atoms with Gasteiger partial charge in [-0.1, -0.05) is 121 Å². The molecule has 52 heavy (non-hydrogen) atoms. The van der Waals surface area contributed by atoms with Crippen LogP contribution in [0.5, 0.6) is 0 Å². The molecule has 0 atom stereocenters. The van der Waals surface area contributed by atoms with E-state index in [1.165, 1.54) is 43.7 Å². The Hall–Kier alpha value is -7.04. The second kappa shape index (κ2) is 12.1. The number of benzene rings is 8. The Kier molecular flexibility index (Phi) is 6.93. The third-order valence-corrected chi connectivity index (χ3v) is 10.1. The van der Waals surface area contributed by atoms with E-state index in [0.29, 0.717) is 0 Å². The number of fused-ring (bicyclic) bond motifs is 6. The third kappa shape index (κ3) is 4.84. The van der Waals surface area contributed by atoms with Crippen LogP contribution >= 0.6 is 0 Å². The van der Waals surface area contributed by atoms with Crippen LogP contribution in [0, 0.1) is 0 Å². The first kappa shape index (κ1) is 29.8. The highest BCUT2D eigenvalue weighted by atomic mass is 15.0. The SMILES string of the molecule is Nc1cc(-c2ccccc2)c2c3ccc(Nc4cc(-c5ccccc5)c5c(c4)c4ccccc4n5-c4ccccc4)cc3n(-c3ccccc3)c2c1. The summed E-state index contributed by atoms with van der Waals surface area (Å²) in [5.74, 6) is 0. The van der Waals surface area contributed by atoms with Crippen LogP contribution in [-0.4, -0.2) is 9.13 Å². The lowest BCUT2D eigenvalue weighted by molar-refractivity contribution is 1.18. The van der Waals surface area contributed by atoms with E-state index in [9.17, 15) is 0 Å². The van der Waals surface area contributed by atoms with Gasteiger partial charge in [0.25, 0.3) is 0 Å². The Bertz CT molecular complexity index is 2910. The van der Waals surface area contributed by atoms with Crippen LogP contribution in [0.2, 0.25) is 0 Å². The summed E-state index contributed by atoms with van der Waals surface area (Å²) in [4.78, 5) is 0. The largest absolute Gasteiger partial charge is 0.399 e. The summed E-state index contributed by atoms with van der Waals surface area (Å²) in [6, 6.07) is 66.7. The van der Waals surface area contributed by atoms with Crippen molar-refractivity contribution in [3.63, 3.8) is 0 Å². The molecular formula is C48H34N4. The summed E-state index contributed by atoms with van der Waals surface area (Å²) in [6.07, 6.45) is 0. The summed E-state index contributed by atoms with van der Waals surface area (Å²) in [6.45, 7) is 0. The van der Waals surface area contributed by atoms with Crippen molar-refractivity contribution < 1.29 is 0 Å². The Balaban J connectivity index is 1.21. The molecule has 10 aromatic rings. The molecule has 0 radical (unpaired) electrons. The van der Waals surface area contributed by atoms with Gasteiger partial charge in [0.05, 0.1) is 22.1 Å². The van der Waals surface area contributed by atoms with Gasteiger partial charge in [0.15, 0.2) is 0 Å². The molecule has 4 nitrogen and oxygen atoms in total. The Labute approximate surface area is 301 Å².